The molecule has 0 atom stereocenters. The van der Waals surface area contributed by atoms with Crippen LogP contribution >= 0.6 is 8.60 Å². The number of fused-ring (bicyclic) bond motifs is 2. The molecule has 6 heteroatoms. The normalized spacial score (nSPS) is 19.8. The number of hydrogen-bond acceptors (Lipinski definition) is 5. The third-order valence-electron chi connectivity index (χ3n) is 9.44. The summed E-state index contributed by atoms with van der Waals surface area (Å²) < 4.78 is 21.2. The average Bonchev–Trinajstić information content (AvgIpc) is 2.83. The summed E-state index contributed by atoms with van der Waals surface area (Å²) in [4.78, 5) is 6.19. The maximum absolute atomic E-state index is 7.07. The third-order valence-corrected chi connectivity index (χ3v) is 10.6. The third kappa shape index (κ3) is 7.96. The second-order valence-electron chi connectivity index (χ2n) is 19.1. The molecule has 46 heavy (non-hydrogen) atoms. The Labute approximate surface area is 283 Å². The number of rotatable bonds is 4. The van der Waals surface area contributed by atoms with Crippen LogP contribution in [0.3, 0.4) is 0 Å². The van der Waals surface area contributed by atoms with Crippen LogP contribution in [0.1, 0.15) is 164 Å². The van der Waals surface area contributed by atoms with Crippen LogP contribution in [-0.4, -0.2) is 28.9 Å². The molecule has 258 valence electrons. The second kappa shape index (κ2) is 12.3. The van der Waals surface area contributed by atoms with Crippen LogP contribution in [0.5, 0.6) is 11.5 Å². The summed E-state index contributed by atoms with van der Waals surface area (Å²) >= 11 is 0. The van der Waals surface area contributed by atoms with Crippen molar-refractivity contribution in [2.24, 2.45) is 0 Å². The fourth-order valence-electron chi connectivity index (χ4n) is 7.10. The van der Waals surface area contributed by atoms with Gasteiger partial charge in [0.05, 0.1) is 12.7 Å². The molecule has 0 amide bonds. The van der Waals surface area contributed by atoms with E-state index in [1.807, 2.05) is 0 Å². The average molecular weight is 654 g/mol. The Morgan fingerprint density at radius 1 is 0.674 bits per heavy atom. The van der Waals surface area contributed by atoms with Gasteiger partial charge in [0.25, 0.3) is 0 Å². The summed E-state index contributed by atoms with van der Waals surface area (Å²) in [7, 11) is -1.78. The summed E-state index contributed by atoms with van der Waals surface area (Å²) in [6.07, 6.45) is 2.30. The van der Waals surface area contributed by atoms with Gasteiger partial charge in [0.15, 0.2) is 0 Å². The van der Waals surface area contributed by atoms with E-state index in [1.165, 1.54) is 33.4 Å². The summed E-state index contributed by atoms with van der Waals surface area (Å²) in [6.45, 7) is 39.1. The van der Waals surface area contributed by atoms with E-state index in [2.05, 4.69) is 147 Å². The first-order valence-corrected chi connectivity index (χ1v) is 18.5. The Kier molecular flexibility index (Phi) is 9.98. The molecule has 0 aromatic heterocycles. The highest BCUT2D eigenvalue weighted by Gasteiger charge is 2.48. The Balaban J connectivity index is 1.95. The van der Waals surface area contributed by atoms with Crippen LogP contribution in [0.15, 0.2) is 24.3 Å². The molecule has 1 fully saturated rings. The van der Waals surface area contributed by atoms with Crippen molar-refractivity contribution in [3.05, 3.63) is 57.6 Å². The molecule has 5 nitrogen and oxygen atoms in total. The van der Waals surface area contributed by atoms with E-state index in [0.717, 1.165) is 30.8 Å². The molecule has 0 saturated carbocycles. The van der Waals surface area contributed by atoms with Gasteiger partial charge in [0, 0.05) is 28.6 Å². The fourth-order valence-corrected chi connectivity index (χ4v) is 8.34. The van der Waals surface area contributed by atoms with Crippen LogP contribution < -0.4 is 9.05 Å². The van der Waals surface area contributed by atoms with E-state index in [9.17, 15) is 0 Å². The molecular weight excluding hydrogens is 589 g/mol. The van der Waals surface area contributed by atoms with Gasteiger partial charge < -0.3 is 9.05 Å². The number of nitrogens with zero attached hydrogens (tertiary/aromatic N) is 1. The quantitative estimate of drug-likeness (QED) is 0.307. The molecule has 2 aromatic carbocycles. The van der Waals surface area contributed by atoms with Crippen LogP contribution in [0.25, 0.3) is 0 Å². The Bertz CT molecular complexity index is 1310. The van der Waals surface area contributed by atoms with Crippen molar-refractivity contribution < 1.29 is 18.4 Å². The molecule has 1 saturated heterocycles. The molecule has 2 aromatic rings. The van der Waals surface area contributed by atoms with Crippen LogP contribution in [-0.2, 0) is 37.4 Å². The largest absolute Gasteiger partial charge is 0.463 e. The van der Waals surface area contributed by atoms with E-state index in [1.54, 1.807) is 0 Å². The first kappa shape index (κ1) is 37.2. The lowest BCUT2D eigenvalue weighted by molar-refractivity contribution is -0.288. The monoisotopic (exact) mass is 653 g/mol. The van der Waals surface area contributed by atoms with E-state index < -0.39 is 8.60 Å². The zero-order valence-electron chi connectivity index (χ0n) is 32.2. The molecule has 2 heterocycles. The lowest BCUT2D eigenvalue weighted by atomic mass is 9.76. The minimum Gasteiger partial charge on any atom is -0.417 e. The zero-order valence-corrected chi connectivity index (χ0v) is 33.1. The summed E-state index contributed by atoms with van der Waals surface area (Å²) in [6, 6.07) is 9.46. The van der Waals surface area contributed by atoms with Crippen molar-refractivity contribution in [3.8, 4) is 11.5 Å². The number of benzene rings is 2. The molecule has 0 aliphatic carbocycles. The highest BCUT2D eigenvalue weighted by atomic mass is 31.2. The number of piperidine rings is 1. The van der Waals surface area contributed by atoms with Crippen LogP contribution in [0, 0.1) is 0 Å². The van der Waals surface area contributed by atoms with Crippen molar-refractivity contribution >= 4 is 8.60 Å². The highest BCUT2D eigenvalue weighted by molar-refractivity contribution is 7.42. The summed E-state index contributed by atoms with van der Waals surface area (Å²) in [5.41, 5.74) is 6.74. The lowest BCUT2D eigenvalue weighted by Crippen LogP contribution is -2.61. The predicted octanol–water partition coefficient (Wildman–Crippen LogP) is 11.5. The Hall–Kier alpha value is -1.65. The van der Waals surface area contributed by atoms with Gasteiger partial charge in [-0.3, -0.25) is 9.36 Å². The number of hydroxylamine groups is 2. The van der Waals surface area contributed by atoms with Gasteiger partial charge in [-0.05, 0) is 91.4 Å². The molecule has 2 aliphatic heterocycles. The second-order valence-corrected chi connectivity index (χ2v) is 20.1. The topological polar surface area (TPSA) is 40.2 Å². The van der Waals surface area contributed by atoms with Crippen molar-refractivity contribution in [1.29, 1.82) is 0 Å². The summed E-state index contributed by atoms with van der Waals surface area (Å²) in [5, 5.41) is 2.18. The van der Waals surface area contributed by atoms with E-state index in [-0.39, 0.29) is 38.8 Å². The molecule has 0 unspecified atom stereocenters. The first-order valence-electron chi connectivity index (χ1n) is 17.4. The molecule has 0 spiro atoms. The Morgan fingerprint density at radius 2 is 1.07 bits per heavy atom. The maximum atomic E-state index is 7.07. The van der Waals surface area contributed by atoms with Gasteiger partial charge in [-0.15, -0.1) is 0 Å². The molecule has 4 rings (SSSR count). The predicted molar refractivity (Wildman–Crippen MR) is 194 cm³/mol. The first-order chi connectivity index (χ1) is 20.7. The van der Waals surface area contributed by atoms with Crippen molar-refractivity contribution in [2.75, 3.05) is 6.61 Å². The van der Waals surface area contributed by atoms with Gasteiger partial charge in [0.1, 0.15) is 11.5 Å². The SMILES string of the molecule is CCON1C(C)(C)CC(OP2Oc3c(cc(C(C)(C)C)cc3C(C)(C)C)Cc3cc(C(C)(C)C)cc(C(C)(C)C)c3O2)CC1(C)C. The van der Waals surface area contributed by atoms with Crippen molar-refractivity contribution in [1.82, 2.24) is 5.06 Å². The van der Waals surface area contributed by atoms with Crippen molar-refractivity contribution in [3.63, 3.8) is 0 Å². The summed E-state index contributed by atoms with van der Waals surface area (Å²) in [5.74, 6) is 1.84. The minimum atomic E-state index is -1.78. The highest BCUT2D eigenvalue weighted by Crippen LogP contribution is 2.55. The molecule has 0 N–H and O–H groups in total. The molecule has 0 radical (unpaired) electrons. The van der Waals surface area contributed by atoms with Crippen LogP contribution in [0.2, 0.25) is 0 Å². The zero-order chi connectivity index (χ0) is 34.8. The number of hydrogen-bond donors (Lipinski definition) is 0. The molecule has 0 bridgehead atoms. The van der Waals surface area contributed by atoms with Crippen LogP contribution in [0.4, 0.5) is 0 Å². The maximum Gasteiger partial charge on any atom is 0.463 e. The van der Waals surface area contributed by atoms with Gasteiger partial charge >= 0.3 is 8.60 Å². The van der Waals surface area contributed by atoms with E-state index in [4.69, 9.17) is 18.4 Å². The van der Waals surface area contributed by atoms with E-state index >= 15 is 0 Å². The fraction of sp³-hybridized carbons (Fsp3) is 0.700. The standard InChI is InChI=1S/C40H64NO4P/c1-18-42-41-39(14,15)24-30(25-40(41,16)17)43-46-44-33-26(20-28(35(2,3)4)22-31(33)37(8,9)10)19-27-21-29(36(5,6)7)23-32(34(27)45-46)38(11,12)13/h20-23,30H,18-19,24-25H2,1-17H3. The van der Waals surface area contributed by atoms with Gasteiger partial charge in [-0.2, -0.15) is 5.06 Å². The lowest BCUT2D eigenvalue weighted by Gasteiger charge is -2.53. The Morgan fingerprint density at radius 3 is 1.39 bits per heavy atom. The smallest absolute Gasteiger partial charge is 0.417 e. The van der Waals surface area contributed by atoms with Gasteiger partial charge in [-0.25, -0.2) is 0 Å². The molecule has 2 aliphatic rings. The molecular formula is C40H64NO4P. The van der Waals surface area contributed by atoms with Gasteiger partial charge in [-0.1, -0.05) is 107 Å². The minimum absolute atomic E-state index is 0.00646. The van der Waals surface area contributed by atoms with Crippen molar-refractivity contribution in [2.45, 2.75) is 176 Å². The van der Waals surface area contributed by atoms with E-state index in [0.29, 0.717) is 6.61 Å². The van der Waals surface area contributed by atoms with Gasteiger partial charge in [0.2, 0.25) is 0 Å².